The lowest BCUT2D eigenvalue weighted by atomic mass is 10.0. The molecule has 13 heavy (non-hydrogen) atoms. The van der Waals surface area contributed by atoms with Crippen molar-refractivity contribution in [1.29, 1.82) is 5.26 Å². The smallest absolute Gasteiger partial charge is 0.123 e. The molecular formula is C10H17Cl2N. The van der Waals surface area contributed by atoms with Crippen LogP contribution < -0.4 is 0 Å². The van der Waals surface area contributed by atoms with Gasteiger partial charge in [-0.3, -0.25) is 0 Å². The molecule has 0 fully saturated rings. The molecule has 0 amide bonds. The minimum absolute atomic E-state index is 0.190. The van der Waals surface area contributed by atoms with Gasteiger partial charge in [0.1, 0.15) is 4.84 Å². The predicted octanol–water partition coefficient (Wildman–Crippen LogP) is 4.29. The van der Waals surface area contributed by atoms with Crippen LogP contribution in [0.2, 0.25) is 0 Å². The highest BCUT2D eigenvalue weighted by Crippen LogP contribution is 2.20. The minimum atomic E-state index is -0.531. The van der Waals surface area contributed by atoms with Crippen LogP contribution in [-0.4, -0.2) is 4.84 Å². The van der Waals surface area contributed by atoms with Crippen LogP contribution in [0.5, 0.6) is 0 Å². The Morgan fingerprint density at radius 3 is 2.23 bits per heavy atom. The zero-order valence-electron chi connectivity index (χ0n) is 8.10. The standard InChI is InChI=1S/C10H17Cl2N/c1-2-3-4-5-6-7-9(8-13)10(11)12/h9-10H,2-7H2,1H3. The van der Waals surface area contributed by atoms with Gasteiger partial charge in [-0.05, 0) is 6.42 Å². The van der Waals surface area contributed by atoms with Crippen molar-refractivity contribution in [3.05, 3.63) is 0 Å². The number of alkyl halides is 2. The molecule has 1 atom stereocenters. The van der Waals surface area contributed by atoms with Crippen molar-refractivity contribution in [3.63, 3.8) is 0 Å². The number of rotatable bonds is 7. The van der Waals surface area contributed by atoms with E-state index in [2.05, 4.69) is 13.0 Å². The molecule has 0 saturated heterocycles. The van der Waals surface area contributed by atoms with Gasteiger partial charge in [0, 0.05) is 0 Å². The van der Waals surface area contributed by atoms with Crippen LogP contribution in [0.25, 0.3) is 0 Å². The lowest BCUT2D eigenvalue weighted by Gasteiger charge is -2.08. The first-order chi connectivity index (χ1) is 6.22. The van der Waals surface area contributed by atoms with Gasteiger partial charge in [0.25, 0.3) is 0 Å². The predicted molar refractivity (Wildman–Crippen MR) is 58.0 cm³/mol. The normalized spacial score (nSPS) is 12.8. The first-order valence-corrected chi connectivity index (χ1v) is 5.77. The van der Waals surface area contributed by atoms with Crippen LogP contribution in [0.3, 0.4) is 0 Å². The fourth-order valence-corrected chi connectivity index (χ4v) is 1.58. The average Bonchev–Trinajstić information content (AvgIpc) is 2.10. The molecule has 0 aromatic rings. The molecule has 0 aliphatic carbocycles. The van der Waals surface area contributed by atoms with E-state index in [9.17, 15) is 0 Å². The third-order valence-electron chi connectivity index (χ3n) is 2.09. The van der Waals surface area contributed by atoms with E-state index in [1.807, 2.05) is 0 Å². The van der Waals surface area contributed by atoms with E-state index in [-0.39, 0.29) is 5.92 Å². The molecule has 0 aromatic carbocycles. The van der Waals surface area contributed by atoms with Gasteiger partial charge in [0.2, 0.25) is 0 Å². The third-order valence-corrected chi connectivity index (χ3v) is 2.70. The van der Waals surface area contributed by atoms with Crippen LogP contribution in [0.4, 0.5) is 0 Å². The van der Waals surface area contributed by atoms with Crippen molar-refractivity contribution in [3.8, 4) is 6.07 Å². The van der Waals surface area contributed by atoms with E-state index in [0.29, 0.717) is 0 Å². The zero-order chi connectivity index (χ0) is 10.1. The number of hydrogen-bond donors (Lipinski definition) is 0. The molecule has 0 aromatic heterocycles. The quantitative estimate of drug-likeness (QED) is 0.465. The van der Waals surface area contributed by atoms with Crippen LogP contribution in [-0.2, 0) is 0 Å². The molecule has 3 heteroatoms. The van der Waals surface area contributed by atoms with E-state index < -0.39 is 4.84 Å². The Labute approximate surface area is 91.0 Å². The van der Waals surface area contributed by atoms with Crippen LogP contribution in [0.15, 0.2) is 0 Å². The summed E-state index contributed by atoms with van der Waals surface area (Å²) in [7, 11) is 0. The Hall–Kier alpha value is 0.0700. The fraction of sp³-hybridized carbons (Fsp3) is 0.900. The summed E-state index contributed by atoms with van der Waals surface area (Å²) >= 11 is 11.3. The monoisotopic (exact) mass is 221 g/mol. The first kappa shape index (κ1) is 13.1. The number of hydrogen-bond acceptors (Lipinski definition) is 1. The largest absolute Gasteiger partial charge is 0.198 e. The summed E-state index contributed by atoms with van der Waals surface area (Å²) in [6.45, 7) is 2.19. The molecule has 1 nitrogen and oxygen atoms in total. The van der Waals surface area contributed by atoms with Gasteiger partial charge in [0.15, 0.2) is 0 Å². The maximum Gasteiger partial charge on any atom is 0.123 e. The molecule has 0 heterocycles. The summed E-state index contributed by atoms with van der Waals surface area (Å²) in [6.07, 6.45) is 6.86. The fourth-order valence-electron chi connectivity index (χ4n) is 1.21. The van der Waals surface area contributed by atoms with E-state index >= 15 is 0 Å². The highest BCUT2D eigenvalue weighted by molar-refractivity contribution is 6.44. The second-order valence-electron chi connectivity index (χ2n) is 3.27. The maximum absolute atomic E-state index is 8.68. The number of nitrogens with zero attached hydrogens (tertiary/aromatic N) is 1. The van der Waals surface area contributed by atoms with Crippen molar-refractivity contribution in [2.24, 2.45) is 5.92 Å². The van der Waals surface area contributed by atoms with Gasteiger partial charge in [-0.25, -0.2) is 0 Å². The zero-order valence-corrected chi connectivity index (χ0v) is 9.61. The van der Waals surface area contributed by atoms with Crippen LogP contribution >= 0.6 is 23.2 Å². The third kappa shape index (κ3) is 7.16. The van der Waals surface area contributed by atoms with Gasteiger partial charge in [-0.1, -0.05) is 39.0 Å². The second kappa shape index (κ2) is 8.66. The minimum Gasteiger partial charge on any atom is -0.198 e. The van der Waals surface area contributed by atoms with Gasteiger partial charge in [-0.2, -0.15) is 5.26 Å². The van der Waals surface area contributed by atoms with Crippen molar-refractivity contribution >= 4 is 23.2 Å². The molecule has 0 saturated carbocycles. The summed E-state index contributed by atoms with van der Waals surface area (Å²) < 4.78 is 0. The Bertz CT molecular complexity index is 151. The Morgan fingerprint density at radius 2 is 1.77 bits per heavy atom. The molecule has 0 aliphatic heterocycles. The average molecular weight is 222 g/mol. The summed E-state index contributed by atoms with van der Waals surface area (Å²) in [5.41, 5.74) is 0. The molecular weight excluding hydrogens is 205 g/mol. The topological polar surface area (TPSA) is 23.8 Å². The molecule has 76 valence electrons. The summed E-state index contributed by atoms with van der Waals surface area (Å²) in [6, 6.07) is 2.13. The second-order valence-corrected chi connectivity index (χ2v) is 4.44. The highest BCUT2D eigenvalue weighted by Gasteiger charge is 2.14. The molecule has 0 rings (SSSR count). The van der Waals surface area contributed by atoms with Crippen LogP contribution in [0.1, 0.15) is 45.4 Å². The number of halogens is 2. The van der Waals surface area contributed by atoms with Gasteiger partial charge in [-0.15, -0.1) is 23.2 Å². The molecule has 1 unspecified atom stereocenters. The molecule has 0 aliphatic rings. The van der Waals surface area contributed by atoms with Crippen molar-refractivity contribution in [2.45, 2.75) is 50.3 Å². The first-order valence-electron chi connectivity index (χ1n) is 4.90. The lowest BCUT2D eigenvalue weighted by Crippen LogP contribution is -2.06. The van der Waals surface area contributed by atoms with Gasteiger partial charge < -0.3 is 0 Å². The van der Waals surface area contributed by atoms with E-state index in [1.165, 1.54) is 25.7 Å². The molecule has 0 N–H and O–H groups in total. The summed E-state index contributed by atoms with van der Waals surface area (Å²) in [5, 5.41) is 8.68. The van der Waals surface area contributed by atoms with E-state index in [4.69, 9.17) is 28.5 Å². The van der Waals surface area contributed by atoms with Crippen molar-refractivity contribution in [2.75, 3.05) is 0 Å². The van der Waals surface area contributed by atoms with Gasteiger partial charge in [0.05, 0.1) is 12.0 Å². The Kier molecular flexibility index (Phi) is 8.71. The maximum atomic E-state index is 8.68. The summed E-state index contributed by atoms with van der Waals surface area (Å²) in [5.74, 6) is -0.190. The molecule has 0 radical (unpaired) electrons. The summed E-state index contributed by atoms with van der Waals surface area (Å²) in [4.78, 5) is -0.531. The molecule has 0 spiro atoms. The highest BCUT2D eigenvalue weighted by atomic mass is 35.5. The van der Waals surface area contributed by atoms with Crippen LogP contribution in [0, 0.1) is 17.2 Å². The van der Waals surface area contributed by atoms with Gasteiger partial charge >= 0.3 is 0 Å². The lowest BCUT2D eigenvalue weighted by molar-refractivity contribution is 0.549. The van der Waals surface area contributed by atoms with E-state index in [0.717, 1.165) is 12.8 Å². The number of nitriles is 1. The van der Waals surface area contributed by atoms with Crippen molar-refractivity contribution in [1.82, 2.24) is 0 Å². The Balaban J connectivity index is 3.35. The van der Waals surface area contributed by atoms with Crippen molar-refractivity contribution < 1.29 is 0 Å². The number of unbranched alkanes of at least 4 members (excludes halogenated alkanes) is 4. The SMILES string of the molecule is CCCCCCCC(C#N)C(Cl)Cl. The molecule has 0 bridgehead atoms. The Morgan fingerprint density at radius 1 is 1.15 bits per heavy atom. The van der Waals surface area contributed by atoms with E-state index in [1.54, 1.807) is 0 Å².